The number of aromatic nitrogens is 4. The maximum Gasteiger partial charge on any atom is 0.133 e. The van der Waals surface area contributed by atoms with E-state index in [4.69, 9.17) is 9.97 Å². The second kappa shape index (κ2) is 17.2. The molecule has 1 atom stereocenters. The van der Waals surface area contributed by atoms with Crippen molar-refractivity contribution in [2.75, 3.05) is 0 Å². The molecule has 55 heavy (non-hydrogen) atoms. The SMILES string of the molecule is CCCCc1cc(C=NCc2ccccn2)c(O)c(-c2ccc3ccc4ccc(-c5cc(C(C)CCC)cc(C=NCc6ccccn6)c5O)nc4c3n2)c1. The molecule has 0 bridgehead atoms. The highest BCUT2D eigenvalue weighted by Crippen LogP contribution is 2.38. The number of pyridine rings is 4. The van der Waals surface area contributed by atoms with E-state index in [2.05, 4.69) is 46.8 Å². The van der Waals surface area contributed by atoms with E-state index >= 15 is 0 Å². The summed E-state index contributed by atoms with van der Waals surface area (Å²) in [6, 6.07) is 31.7. The van der Waals surface area contributed by atoms with Gasteiger partial charge in [-0.25, -0.2) is 9.97 Å². The predicted octanol–water partition coefficient (Wildman–Crippen LogP) is 10.8. The summed E-state index contributed by atoms with van der Waals surface area (Å²) in [5, 5.41) is 25.2. The molecule has 0 amide bonds. The number of phenolic OH excluding ortho intramolecular Hbond substituents is 2. The monoisotopic (exact) mass is 726 g/mol. The third-order valence-electron chi connectivity index (χ3n) is 9.96. The first-order valence-electron chi connectivity index (χ1n) is 19.1. The van der Waals surface area contributed by atoms with Crippen LogP contribution in [-0.4, -0.2) is 42.6 Å². The van der Waals surface area contributed by atoms with E-state index in [0.29, 0.717) is 57.8 Å². The highest BCUT2D eigenvalue weighted by Gasteiger charge is 2.18. The second-order valence-corrected chi connectivity index (χ2v) is 14.1. The Kier molecular flexibility index (Phi) is 11.6. The number of benzene rings is 3. The van der Waals surface area contributed by atoms with E-state index in [-0.39, 0.29) is 17.4 Å². The van der Waals surface area contributed by atoms with E-state index in [0.717, 1.165) is 65.4 Å². The van der Waals surface area contributed by atoms with Crippen LogP contribution in [0.1, 0.15) is 86.0 Å². The van der Waals surface area contributed by atoms with Crippen LogP contribution in [0.4, 0.5) is 0 Å². The summed E-state index contributed by atoms with van der Waals surface area (Å²) in [5.74, 6) is 0.540. The summed E-state index contributed by atoms with van der Waals surface area (Å²) in [7, 11) is 0. The molecule has 0 aliphatic carbocycles. The highest BCUT2D eigenvalue weighted by molar-refractivity contribution is 6.04. The molecule has 0 aliphatic rings. The molecule has 0 spiro atoms. The van der Waals surface area contributed by atoms with Crippen molar-refractivity contribution in [3.8, 4) is 34.0 Å². The summed E-state index contributed by atoms with van der Waals surface area (Å²) in [6.45, 7) is 7.40. The molecule has 7 aromatic rings. The van der Waals surface area contributed by atoms with Crippen molar-refractivity contribution in [1.29, 1.82) is 0 Å². The van der Waals surface area contributed by atoms with Gasteiger partial charge in [0.05, 0.1) is 46.9 Å². The van der Waals surface area contributed by atoms with Crippen molar-refractivity contribution in [2.45, 2.75) is 71.9 Å². The van der Waals surface area contributed by atoms with Crippen molar-refractivity contribution < 1.29 is 10.2 Å². The summed E-state index contributed by atoms with van der Waals surface area (Å²) in [6.07, 6.45) is 12.0. The molecule has 8 heteroatoms. The average molecular weight is 727 g/mol. The largest absolute Gasteiger partial charge is 0.507 e. The summed E-state index contributed by atoms with van der Waals surface area (Å²) in [5.41, 5.74) is 9.24. The van der Waals surface area contributed by atoms with Gasteiger partial charge in [-0.05, 0) is 97.0 Å². The minimum absolute atomic E-state index is 0.129. The molecule has 0 radical (unpaired) electrons. The van der Waals surface area contributed by atoms with Crippen LogP contribution in [0.25, 0.3) is 44.3 Å². The van der Waals surface area contributed by atoms with Crippen LogP contribution in [0, 0.1) is 0 Å². The molecule has 3 aromatic carbocycles. The summed E-state index contributed by atoms with van der Waals surface area (Å²) in [4.78, 5) is 28.4. The fraction of sp³-hybridized carbons (Fsp3) is 0.234. The van der Waals surface area contributed by atoms with Gasteiger partial charge in [-0.1, -0.05) is 70.0 Å². The number of nitrogens with zero attached hydrogens (tertiary/aromatic N) is 6. The number of rotatable bonds is 14. The smallest absolute Gasteiger partial charge is 0.133 e. The molecular weight excluding hydrogens is 681 g/mol. The van der Waals surface area contributed by atoms with Crippen LogP contribution in [-0.2, 0) is 19.5 Å². The van der Waals surface area contributed by atoms with Gasteiger partial charge in [0.1, 0.15) is 11.5 Å². The summed E-state index contributed by atoms with van der Waals surface area (Å²) >= 11 is 0. The Morgan fingerprint density at radius 2 is 1.18 bits per heavy atom. The fourth-order valence-corrected chi connectivity index (χ4v) is 6.92. The van der Waals surface area contributed by atoms with Gasteiger partial charge in [-0.2, -0.15) is 0 Å². The van der Waals surface area contributed by atoms with Gasteiger partial charge >= 0.3 is 0 Å². The molecule has 8 nitrogen and oxygen atoms in total. The zero-order valence-corrected chi connectivity index (χ0v) is 31.7. The molecule has 0 fully saturated rings. The Bertz CT molecular complexity index is 2480. The number of aliphatic imine (C=N–C) groups is 2. The van der Waals surface area contributed by atoms with Crippen LogP contribution in [0.2, 0.25) is 0 Å². The lowest BCUT2D eigenvalue weighted by Gasteiger charge is -2.16. The first-order valence-corrected chi connectivity index (χ1v) is 19.1. The van der Waals surface area contributed by atoms with Crippen LogP contribution >= 0.6 is 0 Å². The van der Waals surface area contributed by atoms with Crippen molar-refractivity contribution in [3.05, 3.63) is 143 Å². The average Bonchev–Trinajstić information content (AvgIpc) is 3.22. The van der Waals surface area contributed by atoms with Crippen LogP contribution in [0.15, 0.2) is 119 Å². The molecule has 0 saturated heterocycles. The zero-order chi connectivity index (χ0) is 38.1. The van der Waals surface area contributed by atoms with Crippen molar-refractivity contribution in [3.63, 3.8) is 0 Å². The topological polar surface area (TPSA) is 117 Å². The maximum absolute atomic E-state index is 11.7. The number of unbranched alkanes of at least 4 members (excludes halogenated alkanes) is 1. The van der Waals surface area contributed by atoms with Gasteiger partial charge in [0.2, 0.25) is 0 Å². The number of fused-ring (bicyclic) bond motifs is 3. The third-order valence-corrected chi connectivity index (χ3v) is 9.96. The molecule has 0 aliphatic heterocycles. The van der Waals surface area contributed by atoms with E-state index < -0.39 is 0 Å². The normalized spacial score (nSPS) is 12.3. The number of hydrogen-bond donors (Lipinski definition) is 2. The van der Waals surface area contributed by atoms with E-state index in [9.17, 15) is 10.2 Å². The minimum Gasteiger partial charge on any atom is -0.507 e. The van der Waals surface area contributed by atoms with E-state index in [1.54, 1.807) is 24.8 Å². The van der Waals surface area contributed by atoms with Crippen LogP contribution in [0.3, 0.4) is 0 Å². The molecule has 2 N–H and O–H groups in total. The van der Waals surface area contributed by atoms with Crippen molar-refractivity contribution >= 4 is 34.2 Å². The quantitative estimate of drug-likeness (QED) is 0.0851. The molecule has 0 saturated carbocycles. The van der Waals surface area contributed by atoms with Gasteiger partial charge in [0.25, 0.3) is 0 Å². The number of hydrogen-bond acceptors (Lipinski definition) is 8. The number of aromatic hydroxyl groups is 2. The lowest BCUT2D eigenvalue weighted by molar-refractivity contribution is 0.475. The maximum atomic E-state index is 11.7. The van der Waals surface area contributed by atoms with Crippen LogP contribution in [0.5, 0.6) is 11.5 Å². The lowest BCUT2D eigenvalue weighted by Crippen LogP contribution is -1.99. The standard InChI is InChI=1S/C47H46N6O2/c1-4-6-12-32-23-36(27-48-29-38-13-7-9-21-50-38)46(54)40(24-32)42-19-17-33-15-16-34-18-20-43(53-45(34)44(33)52-42)41-26-35(31(3)11-5-2)25-37(47(41)55)28-49-30-39-14-8-10-22-51-39/h7-10,13-28,31,54-55H,4-6,11-12,29-30H2,1-3H3. The first-order chi connectivity index (χ1) is 26.9. The molecule has 1 unspecified atom stereocenters. The van der Waals surface area contributed by atoms with Gasteiger partial charge in [-0.15, -0.1) is 0 Å². The Balaban J connectivity index is 1.31. The Morgan fingerprint density at radius 1 is 0.636 bits per heavy atom. The van der Waals surface area contributed by atoms with E-state index in [1.165, 1.54) is 0 Å². The second-order valence-electron chi connectivity index (χ2n) is 14.1. The fourth-order valence-electron chi connectivity index (χ4n) is 6.92. The predicted molar refractivity (Wildman–Crippen MR) is 224 cm³/mol. The van der Waals surface area contributed by atoms with Gasteiger partial charge < -0.3 is 10.2 Å². The highest BCUT2D eigenvalue weighted by atomic mass is 16.3. The Morgan fingerprint density at radius 3 is 1.71 bits per heavy atom. The van der Waals surface area contributed by atoms with Gasteiger partial charge in [0, 0.05) is 57.8 Å². The molecule has 4 aromatic heterocycles. The molecular formula is C47H46N6O2. The van der Waals surface area contributed by atoms with Gasteiger partial charge in [0.15, 0.2) is 0 Å². The minimum atomic E-state index is 0.129. The molecule has 276 valence electrons. The van der Waals surface area contributed by atoms with Crippen LogP contribution < -0.4 is 0 Å². The van der Waals surface area contributed by atoms with Crippen molar-refractivity contribution in [2.24, 2.45) is 9.98 Å². The van der Waals surface area contributed by atoms with Crippen molar-refractivity contribution in [1.82, 2.24) is 19.9 Å². The number of aryl methyl sites for hydroxylation is 1. The summed E-state index contributed by atoms with van der Waals surface area (Å²) < 4.78 is 0. The van der Waals surface area contributed by atoms with Gasteiger partial charge in [-0.3, -0.25) is 20.0 Å². The number of phenols is 2. The first kappa shape index (κ1) is 37.1. The van der Waals surface area contributed by atoms with E-state index in [1.807, 2.05) is 91.0 Å². The zero-order valence-electron chi connectivity index (χ0n) is 31.7. The third kappa shape index (κ3) is 8.60. The molecule has 4 heterocycles. The lowest BCUT2D eigenvalue weighted by atomic mass is 9.91. The Hall–Kier alpha value is -6.28. The Labute approximate surface area is 322 Å². The molecule has 7 rings (SSSR count).